The Labute approximate surface area is 73.0 Å². The van der Waals surface area contributed by atoms with Crippen LogP contribution in [0, 0.1) is 6.92 Å². The summed E-state index contributed by atoms with van der Waals surface area (Å²) in [6, 6.07) is 8.62. The van der Waals surface area contributed by atoms with Gasteiger partial charge in [-0.1, -0.05) is 29.8 Å². The van der Waals surface area contributed by atoms with E-state index in [1.807, 2.05) is 0 Å². The van der Waals surface area contributed by atoms with Gasteiger partial charge in [-0.05, 0) is 31.2 Å². The third-order valence-electron chi connectivity index (χ3n) is 2.66. The van der Waals surface area contributed by atoms with Crippen LogP contribution in [-0.4, -0.2) is 11.2 Å². The maximum absolute atomic E-state index is 9.13. The van der Waals surface area contributed by atoms with Crippen LogP contribution in [0.5, 0.6) is 0 Å². The van der Waals surface area contributed by atoms with Crippen LogP contribution >= 0.6 is 0 Å². The minimum Gasteiger partial charge on any atom is -0.393 e. The number of hydrogen-bond donors (Lipinski definition) is 1. The van der Waals surface area contributed by atoms with Crippen LogP contribution in [0.4, 0.5) is 0 Å². The van der Waals surface area contributed by atoms with Gasteiger partial charge in [-0.2, -0.15) is 0 Å². The Morgan fingerprint density at radius 2 is 1.75 bits per heavy atom. The quantitative estimate of drug-likeness (QED) is 0.671. The van der Waals surface area contributed by atoms with Gasteiger partial charge in [-0.15, -0.1) is 0 Å². The van der Waals surface area contributed by atoms with Crippen molar-refractivity contribution < 1.29 is 5.11 Å². The Hall–Kier alpha value is -0.820. The van der Waals surface area contributed by atoms with Crippen LogP contribution in [0.25, 0.3) is 0 Å². The molecule has 1 N–H and O–H groups in total. The summed E-state index contributed by atoms with van der Waals surface area (Å²) in [5.41, 5.74) is 2.68. The van der Waals surface area contributed by atoms with E-state index in [4.69, 9.17) is 5.11 Å². The second-order valence-electron chi connectivity index (χ2n) is 3.73. The summed E-state index contributed by atoms with van der Waals surface area (Å²) >= 11 is 0. The van der Waals surface area contributed by atoms with Crippen molar-refractivity contribution in [1.82, 2.24) is 0 Å². The standard InChI is InChI=1S/C11H14O/c1-8-2-4-9(5-3-8)10-6-11(12)7-10/h2-5,10-12H,6-7H2,1H3. The first-order valence-electron chi connectivity index (χ1n) is 4.50. The number of aliphatic hydroxyl groups is 1. The van der Waals surface area contributed by atoms with E-state index < -0.39 is 0 Å². The molecule has 1 aliphatic carbocycles. The van der Waals surface area contributed by atoms with Crippen LogP contribution in [0.3, 0.4) is 0 Å². The normalized spacial score (nSPS) is 28.2. The zero-order valence-corrected chi connectivity index (χ0v) is 7.33. The van der Waals surface area contributed by atoms with Crippen molar-refractivity contribution in [1.29, 1.82) is 0 Å². The van der Waals surface area contributed by atoms with Crippen molar-refractivity contribution in [2.45, 2.75) is 31.8 Å². The van der Waals surface area contributed by atoms with Crippen molar-refractivity contribution in [2.24, 2.45) is 0 Å². The molecule has 0 aromatic heterocycles. The predicted octanol–water partition coefficient (Wildman–Crippen LogP) is 2.23. The number of hydrogen-bond acceptors (Lipinski definition) is 1. The summed E-state index contributed by atoms with van der Waals surface area (Å²) < 4.78 is 0. The van der Waals surface area contributed by atoms with Crippen LogP contribution < -0.4 is 0 Å². The van der Waals surface area contributed by atoms with Crippen LogP contribution in [0.15, 0.2) is 24.3 Å². The Morgan fingerprint density at radius 1 is 1.17 bits per heavy atom. The molecule has 0 unspecified atom stereocenters. The van der Waals surface area contributed by atoms with Crippen LogP contribution in [0.2, 0.25) is 0 Å². The number of aryl methyl sites for hydroxylation is 1. The van der Waals surface area contributed by atoms with E-state index in [9.17, 15) is 0 Å². The molecule has 0 amide bonds. The van der Waals surface area contributed by atoms with Gasteiger partial charge in [0.2, 0.25) is 0 Å². The smallest absolute Gasteiger partial charge is 0.0552 e. The minimum atomic E-state index is -0.0451. The highest BCUT2D eigenvalue weighted by atomic mass is 16.3. The third-order valence-corrected chi connectivity index (χ3v) is 2.66. The van der Waals surface area contributed by atoms with E-state index in [-0.39, 0.29) is 6.10 Å². The Balaban J connectivity index is 2.09. The molecule has 64 valence electrons. The highest BCUT2D eigenvalue weighted by molar-refractivity contribution is 5.26. The molecule has 0 atom stereocenters. The van der Waals surface area contributed by atoms with Gasteiger partial charge in [0.25, 0.3) is 0 Å². The summed E-state index contributed by atoms with van der Waals surface area (Å²) in [6.07, 6.45) is 1.85. The van der Waals surface area contributed by atoms with Crippen molar-refractivity contribution in [3.8, 4) is 0 Å². The number of benzene rings is 1. The largest absolute Gasteiger partial charge is 0.393 e. The van der Waals surface area contributed by atoms with Crippen LogP contribution in [0.1, 0.15) is 29.9 Å². The fourth-order valence-electron chi connectivity index (χ4n) is 1.70. The second kappa shape index (κ2) is 2.91. The molecule has 1 aromatic carbocycles. The van der Waals surface area contributed by atoms with Gasteiger partial charge in [-0.3, -0.25) is 0 Å². The van der Waals surface area contributed by atoms with Gasteiger partial charge in [0.05, 0.1) is 6.10 Å². The first-order chi connectivity index (χ1) is 5.75. The maximum atomic E-state index is 9.13. The lowest BCUT2D eigenvalue weighted by Gasteiger charge is -2.31. The fraction of sp³-hybridized carbons (Fsp3) is 0.455. The maximum Gasteiger partial charge on any atom is 0.0552 e. The lowest BCUT2D eigenvalue weighted by Crippen LogP contribution is -2.26. The molecule has 0 aliphatic heterocycles. The van der Waals surface area contributed by atoms with E-state index in [1.54, 1.807) is 0 Å². The molecule has 0 saturated heterocycles. The Morgan fingerprint density at radius 3 is 2.25 bits per heavy atom. The second-order valence-corrected chi connectivity index (χ2v) is 3.73. The lowest BCUT2D eigenvalue weighted by molar-refractivity contribution is 0.0746. The molecule has 0 radical (unpaired) electrons. The van der Waals surface area contributed by atoms with Crippen molar-refractivity contribution in [3.63, 3.8) is 0 Å². The highest BCUT2D eigenvalue weighted by Gasteiger charge is 2.27. The van der Waals surface area contributed by atoms with Crippen molar-refractivity contribution in [3.05, 3.63) is 35.4 Å². The Bertz CT molecular complexity index is 257. The van der Waals surface area contributed by atoms with Crippen molar-refractivity contribution >= 4 is 0 Å². The molecule has 1 fully saturated rings. The van der Waals surface area contributed by atoms with E-state index in [0.717, 1.165) is 12.8 Å². The first kappa shape index (κ1) is 7.81. The summed E-state index contributed by atoms with van der Waals surface area (Å²) in [5, 5.41) is 9.13. The fourth-order valence-corrected chi connectivity index (χ4v) is 1.70. The number of aliphatic hydroxyl groups excluding tert-OH is 1. The topological polar surface area (TPSA) is 20.2 Å². The number of rotatable bonds is 1. The van der Waals surface area contributed by atoms with Gasteiger partial charge in [-0.25, -0.2) is 0 Å². The monoisotopic (exact) mass is 162 g/mol. The van der Waals surface area contributed by atoms with Gasteiger partial charge in [0.15, 0.2) is 0 Å². The van der Waals surface area contributed by atoms with E-state index in [2.05, 4.69) is 31.2 Å². The van der Waals surface area contributed by atoms with E-state index >= 15 is 0 Å². The molecule has 1 nitrogen and oxygen atoms in total. The molecule has 0 heterocycles. The van der Waals surface area contributed by atoms with E-state index in [0.29, 0.717) is 5.92 Å². The molecule has 2 rings (SSSR count). The summed E-state index contributed by atoms with van der Waals surface area (Å²) in [5.74, 6) is 0.612. The van der Waals surface area contributed by atoms with E-state index in [1.165, 1.54) is 11.1 Å². The highest BCUT2D eigenvalue weighted by Crippen LogP contribution is 2.36. The van der Waals surface area contributed by atoms with Gasteiger partial charge < -0.3 is 5.11 Å². The molecule has 1 saturated carbocycles. The van der Waals surface area contributed by atoms with Gasteiger partial charge in [0, 0.05) is 0 Å². The Kier molecular flexibility index (Phi) is 1.89. The third kappa shape index (κ3) is 1.37. The van der Waals surface area contributed by atoms with Gasteiger partial charge >= 0.3 is 0 Å². The SMILES string of the molecule is Cc1ccc(C2CC(O)C2)cc1. The molecule has 1 aliphatic rings. The van der Waals surface area contributed by atoms with Crippen molar-refractivity contribution in [2.75, 3.05) is 0 Å². The van der Waals surface area contributed by atoms with Crippen LogP contribution in [-0.2, 0) is 0 Å². The minimum absolute atomic E-state index is 0.0451. The lowest BCUT2D eigenvalue weighted by atomic mass is 9.77. The zero-order valence-electron chi connectivity index (χ0n) is 7.33. The molecule has 1 heteroatoms. The predicted molar refractivity (Wildman–Crippen MR) is 49.2 cm³/mol. The molecular weight excluding hydrogens is 148 g/mol. The summed E-state index contributed by atoms with van der Waals surface area (Å²) in [4.78, 5) is 0. The zero-order chi connectivity index (χ0) is 8.55. The molecule has 12 heavy (non-hydrogen) atoms. The summed E-state index contributed by atoms with van der Waals surface area (Å²) in [7, 11) is 0. The average molecular weight is 162 g/mol. The summed E-state index contributed by atoms with van der Waals surface area (Å²) in [6.45, 7) is 2.10. The molecule has 1 aromatic rings. The molecule has 0 bridgehead atoms. The average Bonchev–Trinajstić information content (AvgIpc) is 2.01. The first-order valence-corrected chi connectivity index (χ1v) is 4.50. The molecular formula is C11H14O. The molecule has 0 spiro atoms. The van der Waals surface area contributed by atoms with Gasteiger partial charge in [0.1, 0.15) is 0 Å².